The largest absolute Gasteiger partial charge is 0.380 e. The van der Waals surface area contributed by atoms with Crippen LogP contribution in [0.25, 0.3) is 11.0 Å². The fourth-order valence-electron chi connectivity index (χ4n) is 1.97. The third kappa shape index (κ3) is 2.99. The number of rotatable bonds is 3. The van der Waals surface area contributed by atoms with Crippen LogP contribution in [0.4, 0.5) is 5.69 Å². The zero-order valence-electron chi connectivity index (χ0n) is 12.4. The summed E-state index contributed by atoms with van der Waals surface area (Å²) in [4.78, 5) is 13.1. The summed E-state index contributed by atoms with van der Waals surface area (Å²) in [5.74, 6) is 0.854. The van der Waals surface area contributed by atoms with Crippen molar-refractivity contribution in [3.05, 3.63) is 42.2 Å². The van der Waals surface area contributed by atoms with Crippen molar-refractivity contribution in [3.8, 4) is 0 Å². The third-order valence-corrected chi connectivity index (χ3v) is 3.16. The van der Waals surface area contributed by atoms with E-state index in [1.807, 2.05) is 18.5 Å². The molecular formula is C15H18N6. The topological polar surface area (TPSA) is 79.4 Å². The number of fused-ring (bicyclic) bond motifs is 1. The zero-order valence-corrected chi connectivity index (χ0v) is 12.4. The first-order chi connectivity index (χ1) is 10.0. The van der Waals surface area contributed by atoms with E-state index in [4.69, 9.17) is 0 Å². The van der Waals surface area contributed by atoms with Crippen molar-refractivity contribution in [2.45, 2.75) is 32.7 Å². The molecule has 21 heavy (non-hydrogen) atoms. The Morgan fingerprint density at radius 1 is 1.05 bits per heavy atom. The molecule has 0 unspecified atom stereocenters. The average molecular weight is 282 g/mol. The lowest BCUT2D eigenvalue weighted by Crippen LogP contribution is -2.16. The minimum absolute atomic E-state index is 0.0256. The predicted octanol–water partition coefficient (Wildman–Crippen LogP) is 2.66. The molecule has 3 aromatic rings. The highest BCUT2D eigenvalue weighted by atomic mass is 15.1. The van der Waals surface area contributed by atoms with Crippen molar-refractivity contribution < 1.29 is 0 Å². The van der Waals surface area contributed by atoms with Gasteiger partial charge in [-0.05, 0) is 6.07 Å². The summed E-state index contributed by atoms with van der Waals surface area (Å²) in [5.41, 5.74) is 2.75. The Morgan fingerprint density at radius 2 is 1.81 bits per heavy atom. The van der Waals surface area contributed by atoms with E-state index in [1.54, 1.807) is 12.4 Å². The Balaban J connectivity index is 1.69. The molecule has 0 saturated heterocycles. The van der Waals surface area contributed by atoms with E-state index in [1.165, 1.54) is 0 Å². The first-order valence-corrected chi connectivity index (χ1v) is 6.87. The zero-order chi connectivity index (χ0) is 14.9. The smallest absolute Gasteiger partial charge is 0.155 e. The van der Waals surface area contributed by atoms with E-state index < -0.39 is 0 Å². The SMILES string of the molecule is CC(C)(C)c1ncc(CNc2cnc3[nH]ncc3c2)cn1. The van der Waals surface area contributed by atoms with Gasteiger partial charge in [-0.3, -0.25) is 5.10 Å². The van der Waals surface area contributed by atoms with Crippen molar-refractivity contribution in [1.29, 1.82) is 0 Å². The molecule has 108 valence electrons. The summed E-state index contributed by atoms with van der Waals surface area (Å²) in [6.07, 6.45) is 7.27. The lowest BCUT2D eigenvalue weighted by Gasteiger charge is -2.16. The Morgan fingerprint density at radius 3 is 2.52 bits per heavy atom. The highest BCUT2D eigenvalue weighted by molar-refractivity contribution is 5.77. The summed E-state index contributed by atoms with van der Waals surface area (Å²) in [7, 11) is 0. The van der Waals surface area contributed by atoms with Crippen LogP contribution in [0, 0.1) is 0 Å². The molecular weight excluding hydrogens is 264 g/mol. The third-order valence-electron chi connectivity index (χ3n) is 3.16. The van der Waals surface area contributed by atoms with Gasteiger partial charge in [-0.25, -0.2) is 15.0 Å². The number of nitrogens with one attached hydrogen (secondary N) is 2. The molecule has 6 heteroatoms. The Kier molecular flexibility index (Phi) is 3.29. The highest BCUT2D eigenvalue weighted by Gasteiger charge is 2.16. The number of anilines is 1. The van der Waals surface area contributed by atoms with Crippen LogP contribution in [0.15, 0.2) is 30.9 Å². The van der Waals surface area contributed by atoms with Gasteiger partial charge in [0.15, 0.2) is 5.65 Å². The van der Waals surface area contributed by atoms with E-state index in [0.29, 0.717) is 6.54 Å². The molecule has 0 spiro atoms. The first kappa shape index (κ1) is 13.5. The quantitative estimate of drug-likeness (QED) is 0.772. The maximum absolute atomic E-state index is 4.42. The lowest BCUT2D eigenvalue weighted by molar-refractivity contribution is 0.544. The number of pyridine rings is 1. The van der Waals surface area contributed by atoms with Gasteiger partial charge in [0.25, 0.3) is 0 Å². The monoisotopic (exact) mass is 282 g/mol. The van der Waals surface area contributed by atoms with Crippen molar-refractivity contribution in [2.75, 3.05) is 5.32 Å². The second-order valence-corrected chi connectivity index (χ2v) is 6.05. The molecule has 0 aliphatic rings. The van der Waals surface area contributed by atoms with Gasteiger partial charge in [-0.1, -0.05) is 20.8 Å². The highest BCUT2D eigenvalue weighted by Crippen LogP contribution is 2.18. The minimum atomic E-state index is -0.0256. The maximum Gasteiger partial charge on any atom is 0.155 e. The van der Waals surface area contributed by atoms with Crippen LogP contribution in [0.3, 0.4) is 0 Å². The van der Waals surface area contributed by atoms with Crippen molar-refractivity contribution in [2.24, 2.45) is 0 Å². The molecule has 0 atom stereocenters. The van der Waals surface area contributed by atoms with Gasteiger partial charge < -0.3 is 5.32 Å². The number of H-pyrrole nitrogens is 1. The maximum atomic E-state index is 4.42. The van der Waals surface area contributed by atoms with Gasteiger partial charge in [0.1, 0.15) is 5.82 Å². The van der Waals surface area contributed by atoms with Crippen LogP contribution < -0.4 is 5.32 Å². The number of aromatic amines is 1. The Labute approximate surface area is 123 Å². The summed E-state index contributed by atoms with van der Waals surface area (Å²) in [5, 5.41) is 11.1. The molecule has 0 bridgehead atoms. The molecule has 0 aromatic carbocycles. The summed E-state index contributed by atoms with van der Waals surface area (Å²) < 4.78 is 0. The van der Waals surface area contributed by atoms with E-state index in [9.17, 15) is 0 Å². The van der Waals surface area contributed by atoms with Crippen LogP contribution in [-0.2, 0) is 12.0 Å². The molecule has 3 heterocycles. The van der Waals surface area contributed by atoms with Crippen molar-refractivity contribution in [1.82, 2.24) is 25.1 Å². The normalized spacial score (nSPS) is 11.8. The number of aromatic nitrogens is 5. The summed E-state index contributed by atoms with van der Waals surface area (Å²) in [6, 6.07) is 2.01. The standard InChI is InChI=1S/C15H18N6/c1-15(2,3)14-18-6-10(7-19-14)5-16-12-4-11-8-20-21-13(11)17-9-12/h4,6-9,16H,5H2,1-3H3,(H,17,20,21). The van der Waals surface area contributed by atoms with Crippen LogP contribution in [0.5, 0.6) is 0 Å². The molecule has 3 rings (SSSR count). The van der Waals surface area contributed by atoms with Crippen molar-refractivity contribution in [3.63, 3.8) is 0 Å². The van der Waals surface area contributed by atoms with E-state index in [-0.39, 0.29) is 5.41 Å². The lowest BCUT2D eigenvalue weighted by atomic mass is 9.96. The summed E-state index contributed by atoms with van der Waals surface area (Å²) >= 11 is 0. The molecule has 0 aliphatic carbocycles. The van der Waals surface area contributed by atoms with Gasteiger partial charge in [0, 0.05) is 35.3 Å². The second-order valence-electron chi connectivity index (χ2n) is 6.05. The number of hydrogen-bond acceptors (Lipinski definition) is 5. The van der Waals surface area contributed by atoms with E-state index >= 15 is 0 Å². The van der Waals surface area contributed by atoms with Gasteiger partial charge in [-0.2, -0.15) is 5.10 Å². The molecule has 0 amide bonds. The molecule has 0 aliphatic heterocycles. The summed E-state index contributed by atoms with van der Waals surface area (Å²) in [6.45, 7) is 6.97. The fourth-order valence-corrected chi connectivity index (χ4v) is 1.97. The van der Waals surface area contributed by atoms with Gasteiger partial charge >= 0.3 is 0 Å². The Hall–Kier alpha value is -2.50. The van der Waals surface area contributed by atoms with Crippen LogP contribution in [-0.4, -0.2) is 25.1 Å². The van der Waals surface area contributed by atoms with E-state index in [2.05, 4.69) is 51.2 Å². The minimum Gasteiger partial charge on any atom is -0.380 e. The molecule has 0 saturated carbocycles. The molecule has 0 radical (unpaired) electrons. The van der Waals surface area contributed by atoms with Crippen LogP contribution in [0.2, 0.25) is 0 Å². The molecule has 6 nitrogen and oxygen atoms in total. The number of hydrogen-bond donors (Lipinski definition) is 2. The van der Waals surface area contributed by atoms with E-state index in [0.717, 1.165) is 28.1 Å². The van der Waals surface area contributed by atoms with Crippen LogP contribution >= 0.6 is 0 Å². The first-order valence-electron chi connectivity index (χ1n) is 6.87. The molecule has 3 aromatic heterocycles. The van der Waals surface area contributed by atoms with Crippen molar-refractivity contribution >= 4 is 16.7 Å². The van der Waals surface area contributed by atoms with Gasteiger partial charge in [-0.15, -0.1) is 0 Å². The predicted molar refractivity (Wildman–Crippen MR) is 81.9 cm³/mol. The second kappa shape index (κ2) is 5.12. The van der Waals surface area contributed by atoms with Crippen LogP contribution in [0.1, 0.15) is 32.2 Å². The average Bonchev–Trinajstić information content (AvgIpc) is 2.92. The molecule has 2 N–H and O–H groups in total. The number of nitrogens with zero attached hydrogens (tertiary/aromatic N) is 4. The fraction of sp³-hybridized carbons (Fsp3) is 0.333. The van der Waals surface area contributed by atoms with Gasteiger partial charge in [0.2, 0.25) is 0 Å². The molecule has 0 fully saturated rings. The van der Waals surface area contributed by atoms with Gasteiger partial charge in [0.05, 0.1) is 18.1 Å². The Bertz CT molecular complexity index is 739.